The molecule has 2 aromatic carbocycles. The molecule has 0 nitrogen and oxygen atoms in total. The first-order valence-electron chi connectivity index (χ1n) is 9.59. The standard InChI is InChI=1S/C24H30Si/c1-5-6-11-21-12-10-15-24(21)25(4,22-13-8-7-9-14-22)23-17-19(2)16-20(3)18-23/h7-10,12-14,16-18H,5-6,11,15H2,1-4H3. The van der Waals surface area contributed by atoms with Crippen molar-refractivity contribution >= 4 is 18.4 Å². The highest BCUT2D eigenvalue weighted by molar-refractivity contribution is 7.06. The molecule has 0 saturated heterocycles. The summed E-state index contributed by atoms with van der Waals surface area (Å²) in [5, 5.41) is 4.81. The van der Waals surface area contributed by atoms with E-state index in [0.29, 0.717) is 0 Å². The maximum atomic E-state index is 2.56. The van der Waals surface area contributed by atoms with Gasteiger partial charge in [0, 0.05) is 0 Å². The van der Waals surface area contributed by atoms with Crippen LogP contribution in [0.15, 0.2) is 71.5 Å². The quantitative estimate of drug-likeness (QED) is 0.607. The molecule has 0 spiro atoms. The molecule has 3 rings (SSSR count). The predicted octanol–water partition coefficient (Wildman–Crippen LogP) is 5.48. The molecule has 1 aliphatic rings. The fourth-order valence-electron chi connectivity index (χ4n) is 4.23. The first-order valence-corrected chi connectivity index (χ1v) is 12.1. The van der Waals surface area contributed by atoms with Gasteiger partial charge in [0.2, 0.25) is 0 Å². The molecule has 130 valence electrons. The summed E-state index contributed by atoms with van der Waals surface area (Å²) in [7, 11) is -1.93. The van der Waals surface area contributed by atoms with Gasteiger partial charge in [0.05, 0.1) is 0 Å². The third-order valence-electron chi connectivity index (χ3n) is 5.58. The van der Waals surface area contributed by atoms with Crippen LogP contribution < -0.4 is 10.4 Å². The van der Waals surface area contributed by atoms with Crippen molar-refractivity contribution < 1.29 is 0 Å². The molecule has 1 aliphatic carbocycles. The smallest absolute Gasteiger partial charge is 0.0806 e. The van der Waals surface area contributed by atoms with Gasteiger partial charge in [0.1, 0.15) is 8.07 Å². The third kappa shape index (κ3) is 3.57. The van der Waals surface area contributed by atoms with E-state index < -0.39 is 8.07 Å². The second-order valence-corrected chi connectivity index (χ2v) is 11.6. The summed E-state index contributed by atoms with van der Waals surface area (Å²) in [5.41, 5.74) is 4.37. The Morgan fingerprint density at radius 2 is 1.60 bits per heavy atom. The molecule has 0 bridgehead atoms. The molecule has 0 heterocycles. The van der Waals surface area contributed by atoms with Crippen LogP contribution in [0, 0.1) is 13.8 Å². The highest BCUT2D eigenvalue weighted by Crippen LogP contribution is 2.31. The van der Waals surface area contributed by atoms with Gasteiger partial charge in [-0.3, -0.25) is 0 Å². The van der Waals surface area contributed by atoms with Crippen LogP contribution in [0.4, 0.5) is 0 Å². The van der Waals surface area contributed by atoms with Gasteiger partial charge in [-0.15, -0.1) is 0 Å². The molecule has 0 saturated carbocycles. The lowest BCUT2D eigenvalue weighted by Gasteiger charge is -2.32. The normalized spacial score (nSPS) is 16.3. The zero-order valence-electron chi connectivity index (χ0n) is 16.1. The number of hydrogen-bond donors (Lipinski definition) is 0. The molecule has 1 heteroatoms. The van der Waals surface area contributed by atoms with Crippen LogP contribution in [-0.4, -0.2) is 8.07 Å². The van der Waals surface area contributed by atoms with E-state index in [1.54, 1.807) is 16.0 Å². The maximum absolute atomic E-state index is 2.56. The van der Waals surface area contributed by atoms with E-state index >= 15 is 0 Å². The van der Waals surface area contributed by atoms with E-state index in [-0.39, 0.29) is 0 Å². The van der Waals surface area contributed by atoms with E-state index in [1.807, 2.05) is 0 Å². The molecule has 0 amide bonds. The Bertz CT molecular complexity index is 778. The average molecular weight is 347 g/mol. The average Bonchev–Trinajstić information content (AvgIpc) is 3.08. The van der Waals surface area contributed by atoms with Crippen molar-refractivity contribution in [3.05, 3.63) is 82.6 Å². The highest BCUT2D eigenvalue weighted by atomic mass is 28.3. The van der Waals surface area contributed by atoms with Crippen LogP contribution in [0.1, 0.15) is 43.7 Å². The summed E-state index contributed by atoms with van der Waals surface area (Å²) in [6, 6.07) is 18.4. The fourth-order valence-corrected chi connectivity index (χ4v) is 8.53. The Morgan fingerprint density at radius 3 is 2.24 bits per heavy atom. The van der Waals surface area contributed by atoms with Crippen LogP contribution in [0.5, 0.6) is 0 Å². The molecule has 1 unspecified atom stereocenters. The Hall–Kier alpha value is -1.86. The van der Waals surface area contributed by atoms with Crippen LogP contribution >= 0.6 is 0 Å². The summed E-state index contributed by atoms with van der Waals surface area (Å²) in [4.78, 5) is 0. The molecular weight excluding hydrogens is 316 g/mol. The third-order valence-corrected chi connectivity index (χ3v) is 10.2. The second-order valence-electron chi connectivity index (χ2n) is 7.58. The van der Waals surface area contributed by atoms with Gasteiger partial charge in [0.25, 0.3) is 0 Å². The lowest BCUT2D eigenvalue weighted by Crippen LogP contribution is -2.57. The molecule has 1 atom stereocenters. The van der Waals surface area contributed by atoms with Crippen molar-refractivity contribution in [2.45, 2.75) is 53.0 Å². The summed E-state index contributed by atoms with van der Waals surface area (Å²) in [5.74, 6) is 0. The molecule has 0 N–H and O–H groups in total. The molecule has 0 radical (unpaired) electrons. The van der Waals surface area contributed by atoms with E-state index in [1.165, 1.54) is 35.6 Å². The summed E-state index contributed by atoms with van der Waals surface area (Å²) in [6.45, 7) is 9.31. The minimum absolute atomic E-state index is 1.13. The molecule has 0 fully saturated rings. The van der Waals surface area contributed by atoms with Crippen molar-refractivity contribution in [1.29, 1.82) is 0 Å². The molecule has 25 heavy (non-hydrogen) atoms. The first-order chi connectivity index (χ1) is 12.1. The Morgan fingerprint density at radius 1 is 0.920 bits per heavy atom. The van der Waals surface area contributed by atoms with E-state index in [4.69, 9.17) is 0 Å². The number of aryl methyl sites for hydroxylation is 2. The topological polar surface area (TPSA) is 0 Å². The number of hydrogen-bond acceptors (Lipinski definition) is 0. The molecule has 2 aromatic rings. The van der Waals surface area contributed by atoms with Crippen molar-refractivity contribution in [3.8, 4) is 0 Å². The number of benzene rings is 2. The zero-order chi connectivity index (χ0) is 17.9. The molecular formula is C24H30Si. The Kier molecular flexibility index (Phi) is 5.44. The van der Waals surface area contributed by atoms with Crippen molar-refractivity contribution in [2.24, 2.45) is 0 Å². The SMILES string of the molecule is CCCCC1=C([Si](C)(c2ccccc2)c2cc(C)cc(C)c2)CC=C1. The number of unbranched alkanes of at least 4 members (excludes halogenated alkanes) is 1. The predicted molar refractivity (Wildman–Crippen MR) is 114 cm³/mol. The van der Waals surface area contributed by atoms with Gasteiger partial charge in [-0.2, -0.15) is 0 Å². The lowest BCUT2D eigenvalue weighted by atomic mass is 10.1. The van der Waals surface area contributed by atoms with Gasteiger partial charge in [-0.25, -0.2) is 0 Å². The minimum Gasteiger partial charge on any atom is -0.0806 e. The Labute approximate surface area is 154 Å². The van der Waals surface area contributed by atoms with Gasteiger partial charge in [-0.05, 0) is 43.5 Å². The van der Waals surface area contributed by atoms with Gasteiger partial charge < -0.3 is 0 Å². The van der Waals surface area contributed by atoms with E-state index in [2.05, 4.69) is 88.0 Å². The van der Waals surface area contributed by atoms with Crippen LogP contribution in [-0.2, 0) is 0 Å². The first kappa shape index (κ1) is 17.9. The van der Waals surface area contributed by atoms with Crippen molar-refractivity contribution in [2.75, 3.05) is 0 Å². The van der Waals surface area contributed by atoms with Crippen LogP contribution in [0.2, 0.25) is 6.55 Å². The Balaban J connectivity index is 2.20. The van der Waals surface area contributed by atoms with Crippen molar-refractivity contribution in [3.63, 3.8) is 0 Å². The molecule has 0 aliphatic heterocycles. The second kappa shape index (κ2) is 7.57. The lowest BCUT2D eigenvalue weighted by molar-refractivity contribution is 0.797. The fraction of sp³-hybridized carbons (Fsp3) is 0.333. The highest BCUT2D eigenvalue weighted by Gasteiger charge is 2.38. The number of allylic oxidation sites excluding steroid dienone is 4. The summed E-state index contributed by atoms with van der Waals surface area (Å²) < 4.78 is 0. The van der Waals surface area contributed by atoms with Gasteiger partial charge in [-0.1, -0.05) is 102 Å². The maximum Gasteiger partial charge on any atom is 0.141 e. The minimum atomic E-state index is -1.93. The van der Waals surface area contributed by atoms with Crippen LogP contribution in [0.25, 0.3) is 0 Å². The number of rotatable bonds is 6. The largest absolute Gasteiger partial charge is 0.141 e. The zero-order valence-corrected chi connectivity index (χ0v) is 17.1. The van der Waals surface area contributed by atoms with Crippen LogP contribution in [0.3, 0.4) is 0 Å². The van der Waals surface area contributed by atoms with Gasteiger partial charge >= 0.3 is 0 Å². The van der Waals surface area contributed by atoms with E-state index in [0.717, 1.165) is 6.42 Å². The van der Waals surface area contributed by atoms with Gasteiger partial charge in [0.15, 0.2) is 0 Å². The summed E-state index contributed by atoms with van der Waals surface area (Å²) >= 11 is 0. The van der Waals surface area contributed by atoms with E-state index in [9.17, 15) is 0 Å². The summed E-state index contributed by atoms with van der Waals surface area (Å²) in [6.07, 6.45) is 9.69. The monoisotopic (exact) mass is 346 g/mol. The van der Waals surface area contributed by atoms with Crippen molar-refractivity contribution in [1.82, 2.24) is 0 Å². The molecule has 0 aromatic heterocycles.